The summed E-state index contributed by atoms with van der Waals surface area (Å²) < 4.78 is 0. The summed E-state index contributed by atoms with van der Waals surface area (Å²) in [4.78, 5) is 22.9. The SMILES string of the molecule is O=C1c2ccccc2-c2nc3ccccc3c(-c3ccccc3)c21.OC1(c2ccccc2)c2ccccc2-c2nc3ccccc3c(-c3ccccc3)c21. The van der Waals surface area contributed by atoms with Crippen molar-refractivity contribution in [1.82, 2.24) is 9.97 Å². The Bertz CT molecular complexity index is 2910. The number of hydrogen-bond donors (Lipinski definition) is 1. The van der Waals surface area contributed by atoms with Crippen molar-refractivity contribution in [2.24, 2.45) is 0 Å². The van der Waals surface area contributed by atoms with Gasteiger partial charge in [0.15, 0.2) is 5.78 Å². The van der Waals surface area contributed by atoms with Gasteiger partial charge in [-0.2, -0.15) is 0 Å². The molecule has 1 N–H and O–H groups in total. The molecule has 0 amide bonds. The van der Waals surface area contributed by atoms with Gasteiger partial charge in [0.25, 0.3) is 0 Å². The maximum Gasteiger partial charge on any atom is 0.196 e. The summed E-state index contributed by atoms with van der Waals surface area (Å²) in [6, 6.07) is 62.4. The Hall–Kier alpha value is -7.01. The van der Waals surface area contributed by atoms with Crippen LogP contribution in [0.1, 0.15) is 32.6 Å². The van der Waals surface area contributed by atoms with Crippen molar-refractivity contribution in [3.05, 3.63) is 216 Å². The molecule has 0 radical (unpaired) electrons. The number of pyridine rings is 2. The second-order valence-electron chi connectivity index (χ2n) is 13.7. The molecule has 2 aromatic heterocycles. The Morgan fingerprint density at radius 2 is 0.870 bits per heavy atom. The minimum Gasteiger partial charge on any atom is -0.376 e. The van der Waals surface area contributed by atoms with E-state index in [0.29, 0.717) is 0 Å². The molecule has 0 saturated heterocycles. The predicted octanol–water partition coefficient (Wildman–Crippen LogP) is 11.3. The Morgan fingerprint density at radius 1 is 0.407 bits per heavy atom. The zero-order valence-electron chi connectivity index (χ0n) is 29.1. The van der Waals surface area contributed by atoms with E-state index in [9.17, 15) is 9.90 Å². The van der Waals surface area contributed by atoms with Gasteiger partial charge in [-0.05, 0) is 28.8 Å². The topological polar surface area (TPSA) is 63.1 Å². The van der Waals surface area contributed by atoms with Crippen molar-refractivity contribution in [2.75, 3.05) is 0 Å². The average Bonchev–Trinajstić information content (AvgIpc) is 3.67. The third-order valence-electron chi connectivity index (χ3n) is 10.7. The van der Waals surface area contributed by atoms with Crippen molar-refractivity contribution in [3.63, 3.8) is 0 Å². The molecule has 9 aromatic rings. The lowest BCUT2D eigenvalue weighted by Crippen LogP contribution is -2.27. The molecule has 11 rings (SSSR count). The number of para-hydroxylation sites is 2. The molecule has 0 spiro atoms. The molecule has 2 aliphatic carbocycles. The zero-order chi connectivity index (χ0) is 36.2. The molecular weight excluding hydrogens is 661 g/mol. The van der Waals surface area contributed by atoms with Gasteiger partial charge in [-0.1, -0.05) is 176 Å². The van der Waals surface area contributed by atoms with Crippen molar-refractivity contribution >= 4 is 27.6 Å². The van der Waals surface area contributed by atoms with E-state index in [0.717, 1.165) is 94.4 Å². The Kier molecular flexibility index (Phi) is 7.39. The van der Waals surface area contributed by atoms with E-state index in [2.05, 4.69) is 36.4 Å². The fraction of sp³-hybridized carbons (Fsp3) is 0.0200. The zero-order valence-corrected chi connectivity index (χ0v) is 29.1. The molecule has 4 heteroatoms. The maximum atomic E-state index is 13.1. The van der Waals surface area contributed by atoms with Gasteiger partial charge in [0.1, 0.15) is 5.60 Å². The van der Waals surface area contributed by atoms with Gasteiger partial charge in [-0.3, -0.25) is 4.79 Å². The lowest BCUT2D eigenvalue weighted by Gasteiger charge is -2.29. The van der Waals surface area contributed by atoms with E-state index in [4.69, 9.17) is 9.97 Å². The number of benzene rings is 7. The van der Waals surface area contributed by atoms with Gasteiger partial charge in [-0.15, -0.1) is 0 Å². The molecule has 2 aliphatic rings. The van der Waals surface area contributed by atoms with Crippen molar-refractivity contribution in [1.29, 1.82) is 0 Å². The number of aromatic nitrogens is 2. The first-order valence-corrected chi connectivity index (χ1v) is 18.1. The van der Waals surface area contributed by atoms with Crippen LogP contribution in [0.3, 0.4) is 0 Å². The molecule has 0 fully saturated rings. The van der Waals surface area contributed by atoms with Crippen molar-refractivity contribution in [2.45, 2.75) is 5.60 Å². The number of ketones is 1. The van der Waals surface area contributed by atoms with E-state index in [-0.39, 0.29) is 5.78 Å². The summed E-state index contributed by atoms with van der Waals surface area (Å²) in [6.07, 6.45) is 0. The highest BCUT2D eigenvalue weighted by Gasteiger charge is 2.46. The van der Waals surface area contributed by atoms with Gasteiger partial charge in [0.2, 0.25) is 0 Å². The van der Waals surface area contributed by atoms with Crippen LogP contribution in [0.25, 0.3) is 66.6 Å². The summed E-state index contributed by atoms with van der Waals surface area (Å²) in [5.74, 6) is 0.0673. The maximum absolute atomic E-state index is 13.1. The molecule has 7 aromatic carbocycles. The first-order chi connectivity index (χ1) is 26.6. The van der Waals surface area contributed by atoms with E-state index < -0.39 is 5.60 Å². The third kappa shape index (κ3) is 4.78. The lowest BCUT2D eigenvalue weighted by atomic mass is 9.80. The highest BCUT2D eigenvalue weighted by Crippen LogP contribution is 2.55. The number of carbonyl (C=O) groups excluding carboxylic acids is 1. The van der Waals surface area contributed by atoms with Crippen LogP contribution >= 0.6 is 0 Å². The molecule has 0 aliphatic heterocycles. The van der Waals surface area contributed by atoms with Crippen LogP contribution in [0.5, 0.6) is 0 Å². The van der Waals surface area contributed by atoms with Gasteiger partial charge < -0.3 is 5.11 Å². The highest BCUT2D eigenvalue weighted by atomic mass is 16.3. The monoisotopic (exact) mass is 692 g/mol. The second-order valence-corrected chi connectivity index (χ2v) is 13.7. The Labute approximate surface area is 312 Å². The summed E-state index contributed by atoms with van der Waals surface area (Å²) >= 11 is 0. The normalized spacial score (nSPS) is 14.9. The van der Waals surface area contributed by atoms with E-state index in [1.807, 2.05) is 152 Å². The van der Waals surface area contributed by atoms with E-state index >= 15 is 0 Å². The van der Waals surface area contributed by atoms with Gasteiger partial charge >= 0.3 is 0 Å². The first-order valence-electron chi connectivity index (χ1n) is 18.1. The first kappa shape index (κ1) is 31.7. The molecule has 2 heterocycles. The minimum absolute atomic E-state index is 0.0673. The lowest BCUT2D eigenvalue weighted by molar-refractivity contribution is 0.104. The fourth-order valence-electron chi connectivity index (χ4n) is 8.34. The molecule has 1 unspecified atom stereocenters. The average molecular weight is 693 g/mol. The predicted molar refractivity (Wildman–Crippen MR) is 217 cm³/mol. The molecule has 0 bridgehead atoms. The Morgan fingerprint density at radius 3 is 1.52 bits per heavy atom. The molecule has 0 saturated carbocycles. The highest BCUT2D eigenvalue weighted by molar-refractivity contribution is 6.26. The standard InChI is InChI=1S/C28H19NO.C22H13NO/c30-28(20-13-5-2-6-14-20)23-17-9-7-15-21(23)27-26(28)25(19-11-3-1-4-12-19)22-16-8-10-18-24(22)29-27;24-22-16-11-5-4-10-15(16)21-20(22)19(14-8-2-1-3-9-14)17-12-6-7-13-18(17)23-21/h1-18,30H;1-13H. The number of fused-ring (bicyclic) bond motifs is 8. The second kappa shape index (κ2) is 12.6. The van der Waals surface area contributed by atoms with Crippen LogP contribution in [0.2, 0.25) is 0 Å². The van der Waals surface area contributed by atoms with Crippen LogP contribution in [-0.2, 0) is 5.60 Å². The smallest absolute Gasteiger partial charge is 0.196 e. The van der Waals surface area contributed by atoms with Crippen LogP contribution in [0.4, 0.5) is 0 Å². The molecule has 54 heavy (non-hydrogen) atoms. The number of rotatable bonds is 3. The summed E-state index contributed by atoms with van der Waals surface area (Å²) in [6.45, 7) is 0. The largest absolute Gasteiger partial charge is 0.376 e. The van der Waals surface area contributed by atoms with Crippen LogP contribution in [-0.4, -0.2) is 20.9 Å². The van der Waals surface area contributed by atoms with Gasteiger partial charge in [0.05, 0.1) is 28.0 Å². The number of nitrogens with zero attached hydrogens (tertiary/aromatic N) is 2. The quantitative estimate of drug-likeness (QED) is 0.200. The third-order valence-corrected chi connectivity index (χ3v) is 10.7. The van der Waals surface area contributed by atoms with Crippen molar-refractivity contribution in [3.8, 4) is 44.8 Å². The number of aliphatic hydroxyl groups is 1. The molecular formula is C50H32N2O2. The summed E-state index contributed by atoms with van der Waals surface area (Å²) in [5.41, 5.74) is 12.4. The Balaban J connectivity index is 0.000000137. The number of hydrogen-bond acceptors (Lipinski definition) is 4. The van der Waals surface area contributed by atoms with E-state index in [1.165, 1.54) is 0 Å². The molecule has 4 nitrogen and oxygen atoms in total. The molecule has 254 valence electrons. The molecule has 1 atom stereocenters. The number of carbonyl (C=O) groups is 1. The van der Waals surface area contributed by atoms with Gasteiger partial charge in [0, 0.05) is 49.7 Å². The van der Waals surface area contributed by atoms with Crippen molar-refractivity contribution < 1.29 is 9.90 Å². The van der Waals surface area contributed by atoms with E-state index in [1.54, 1.807) is 0 Å². The summed E-state index contributed by atoms with van der Waals surface area (Å²) in [7, 11) is 0. The van der Waals surface area contributed by atoms with Crippen LogP contribution in [0, 0.1) is 0 Å². The van der Waals surface area contributed by atoms with Crippen LogP contribution < -0.4 is 0 Å². The van der Waals surface area contributed by atoms with Gasteiger partial charge in [-0.25, -0.2) is 9.97 Å². The summed E-state index contributed by atoms with van der Waals surface area (Å²) in [5, 5.41) is 14.5. The fourth-order valence-corrected chi connectivity index (χ4v) is 8.34. The van der Waals surface area contributed by atoms with Crippen LogP contribution in [0.15, 0.2) is 188 Å². The minimum atomic E-state index is -1.27.